The molecular weight excluding hydrogens is 344 g/mol. The van der Waals surface area contributed by atoms with Crippen molar-refractivity contribution < 1.29 is 14.6 Å². The lowest BCUT2D eigenvalue weighted by Crippen LogP contribution is -2.40. The number of pyridine rings is 1. The predicted molar refractivity (Wildman–Crippen MR) is 104 cm³/mol. The van der Waals surface area contributed by atoms with Crippen LogP contribution >= 0.6 is 0 Å². The standard InChI is InChI=1S/C20H26N4O3/c1-3-21-20(24-11-10-16(25)14-24)23-13-15-4-9-19(22-12-15)27-18-7-5-17(26-2)6-8-18/h4-9,12,16,25H,3,10-11,13-14H2,1-2H3,(H,21,23)/t16-/m1/s1. The monoisotopic (exact) mass is 370 g/mol. The summed E-state index contributed by atoms with van der Waals surface area (Å²) in [4.78, 5) is 11.1. The number of aliphatic imine (C=N–C) groups is 1. The van der Waals surface area contributed by atoms with Gasteiger partial charge in [0, 0.05) is 31.9 Å². The second-order valence-corrected chi connectivity index (χ2v) is 6.34. The number of nitrogens with one attached hydrogen (secondary N) is 1. The van der Waals surface area contributed by atoms with E-state index in [9.17, 15) is 5.11 Å². The summed E-state index contributed by atoms with van der Waals surface area (Å²) in [6.07, 6.45) is 2.28. The molecule has 7 nitrogen and oxygen atoms in total. The third-order valence-corrected chi connectivity index (χ3v) is 4.29. The first-order valence-corrected chi connectivity index (χ1v) is 9.16. The Morgan fingerprint density at radius 3 is 2.63 bits per heavy atom. The maximum Gasteiger partial charge on any atom is 0.219 e. The first-order chi connectivity index (χ1) is 13.2. The number of ether oxygens (including phenoxy) is 2. The molecule has 0 unspecified atom stereocenters. The lowest BCUT2D eigenvalue weighted by molar-refractivity contribution is 0.188. The van der Waals surface area contributed by atoms with Crippen molar-refractivity contribution in [2.75, 3.05) is 26.7 Å². The summed E-state index contributed by atoms with van der Waals surface area (Å²) in [5.41, 5.74) is 0.993. The number of benzene rings is 1. The number of β-amino-alcohol motifs (C(OH)–C–C–N with tert-alkyl or cyclic N) is 1. The van der Waals surface area contributed by atoms with E-state index in [0.717, 1.165) is 36.8 Å². The molecule has 0 aliphatic carbocycles. The van der Waals surface area contributed by atoms with E-state index in [4.69, 9.17) is 9.47 Å². The summed E-state index contributed by atoms with van der Waals surface area (Å²) < 4.78 is 10.9. The largest absolute Gasteiger partial charge is 0.497 e. The van der Waals surface area contributed by atoms with E-state index >= 15 is 0 Å². The van der Waals surface area contributed by atoms with Crippen molar-refractivity contribution in [1.29, 1.82) is 0 Å². The molecule has 0 radical (unpaired) electrons. The summed E-state index contributed by atoms with van der Waals surface area (Å²) in [5.74, 6) is 2.84. The first kappa shape index (κ1) is 19.0. The number of guanidine groups is 1. The Hall–Kier alpha value is -2.80. The Morgan fingerprint density at radius 1 is 1.26 bits per heavy atom. The Labute approximate surface area is 159 Å². The lowest BCUT2D eigenvalue weighted by Gasteiger charge is -2.20. The molecule has 3 rings (SSSR count). The molecule has 1 atom stereocenters. The molecule has 1 saturated heterocycles. The van der Waals surface area contributed by atoms with Gasteiger partial charge in [0.05, 0.1) is 19.8 Å². The highest BCUT2D eigenvalue weighted by atomic mass is 16.5. The van der Waals surface area contributed by atoms with Crippen molar-refractivity contribution in [1.82, 2.24) is 15.2 Å². The first-order valence-electron chi connectivity index (χ1n) is 9.16. The number of aromatic nitrogens is 1. The topological polar surface area (TPSA) is 79.2 Å². The third-order valence-electron chi connectivity index (χ3n) is 4.29. The molecule has 7 heteroatoms. The summed E-state index contributed by atoms with van der Waals surface area (Å²) in [5, 5.41) is 13.0. The second-order valence-electron chi connectivity index (χ2n) is 6.34. The average Bonchev–Trinajstić information content (AvgIpc) is 3.13. The van der Waals surface area contributed by atoms with Crippen LogP contribution in [0.3, 0.4) is 0 Å². The molecule has 1 fully saturated rings. The fraction of sp³-hybridized carbons (Fsp3) is 0.400. The number of hydrogen-bond donors (Lipinski definition) is 2. The molecule has 0 amide bonds. The van der Waals surface area contributed by atoms with Gasteiger partial charge in [0.15, 0.2) is 5.96 Å². The highest BCUT2D eigenvalue weighted by Crippen LogP contribution is 2.22. The quantitative estimate of drug-likeness (QED) is 0.601. The Bertz CT molecular complexity index is 747. The molecule has 1 aromatic heterocycles. The molecular formula is C20H26N4O3. The van der Waals surface area contributed by atoms with Gasteiger partial charge in [0.2, 0.25) is 5.88 Å². The lowest BCUT2D eigenvalue weighted by atomic mass is 10.3. The van der Waals surface area contributed by atoms with Crippen LogP contribution in [0.15, 0.2) is 47.6 Å². The maximum atomic E-state index is 9.73. The number of nitrogens with zero attached hydrogens (tertiary/aromatic N) is 3. The van der Waals surface area contributed by atoms with Gasteiger partial charge in [0.1, 0.15) is 11.5 Å². The van der Waals surface area contributed by atoms with Crippen molar-refractivity contribution in [2.24, 2.45) is 4.99 Å². The summed E-state index contributed by atoms with van der Waals surface area (Å²) in [7, 11) is 1.63. The van der Waals surface area contributed by atoms with Gasteiger partial charge in [-0.15, -0.1) is 0 Å². The van der Waals surface area contributed by atoms with Gasteiger partial charge in [-0.1, -0.05) is 6.07 Å². The number of aliphatic hydroxyl groups is 1. The van der Waals surface area contributed by atoms with Crippen LogP contribution in [0, 0.1) is 0 Å². The van der Waals surface area contributed by atoms with E-state index < -0.39 is 0 Å². The van der Waals surface area contributed by atoms with Gasteiger partial charge in [-0.2, -0.15) is 0 Å². The third kappa shape index (κ3) is 5.34. The van der Waals surface area contributed by atoms with Crippen LogP contribution in [0.5, 0.6) is 17.4 Å². The van der Waals surface area contributed by atoms with E-state index in [2.05, 4.69) is 20.2 Å². The van der Waals surface area contributed by atoms with Crippen LogP contribution in [0.25, 0.3) is 0 Å². The fourth-order valence-electron chi connectivity index (χ4n) is 2.86. The minimum absolute atomic E-state index is 0.273. The zero-order chi connectivity index (χ0) is 19.1. The number of rotatable bonds is 6. The van der Waals surface area contributed by atoms with Gasteiger partial charge < -0.3 is 24.8 Å². The Balaban J connectivity index is 1.60. The molecule has 2 heterocycles. The smallest absolute Gasteiger partial charge is 0.219 e. The zero-order valence-electron chi connectivity index (χ0n) is 15.8. The van der Waals surface area contributed by atoms with Gasteiger partial charge in [-0.25, -0.2) is 9.98 Å². The number of likely N-dealkylation sites (tertiary alicyclic amines) is 1. The van der Waals surface area contributed by atoms with E-state index in [-0.39, 0.29) is 6.10 Å². The van der Waals surface area contributed by atoms with Gasteiger partial charge in [-0.05, 0) is 43.2 Å². The van der Waals surface area contributed by atoms with Crippen molar-refractivity contribution >= 4 is 5.96 Å². The van der Waals surface area contributed by atoms with Crippen LogP contribution in [-0.2, 0) is 6.54 Å². The molecule has 0 saturated carbocycles. The molecule has 27 heavy (non-hydrogen) atoms. The highest BCUT2D eigenvalue weighted by Gasteiger charge is 2.22. The van der Waals surface area contributed by atoms with Gasteiger partial charge >= 0.3 is 0 Å². The SMILES string of the molecule is CCNC(=NCc1ccc(Oc2ccc(OC)cc2)nc1)N1CC[C@@H](O)C1. The second kappa shape index (κ2) is 9.23. The van der Waals surface area contributed by atoms with E-state index in [1.807, 2.05) is 43.3 Å². The fourth-order valence-corrected chi connectivity index (χ4v) is 2.86. The van der Waals surface area contributed by atoms with Crippen LogP contribution in [0.4, 0.5) is 0 Å². The highest BCUT2D eigenvalue weighted by molar-refractivity contribution is 5.80. The molecule has 1 aliphatic heterocycles. The zero-order valence-corrected chi connectivity index (χ0v) is 15.8. The van der Waals surface area contributed by atoms with Gasteiger partial charge in [-0.3, -0.25) is 0 Å². The molecule has 0 spiro atoms. The molecule has 0 bridgehead atoms. The number of aliphatic hydroxyl groups excluding tert-OH is 1. The van der Waals surface area contributed by atoms with Crippen molar-refractivity contribution in [2.45, 2.75) is 26.0 Å². The van der Waals surface area contributed by atoms with E-state index in [1.54, 1.807) is 13.3 Å². The molecule has 1 aliphatic rings. The van der Waals surface area contributed by atoms with E-state index in [0.29, 0.717) is 24.7 Å². The van der Waals surface area contributed by atoms with Crippen molar-refractivity contribution in [3.05, 3.63) is 48.2 Å². The summed E-state index contributed by atoms with van der Waals surface area (Å²) in [6.45, 7) is 4.79. The molecule has 2 aromatic rings. The van der Waals surface area contributed by atoms with Crippen molar-refractivity contribution in [3.8, 4) is 17.4 Å². The van der Waals surface area contributed by atoms with Crippen molar-refractivity contribution in [3.63, 3.8) is 0 Å². The predicted octanol–water partition coefficient (Wildman–Crippen LogP) is 2.41. The van der Waals surface area contributed by atoms with Crippen LogP contribution < -0.4 is 14.8 Å². The van der Waals surface area contributed by atoms with E-state index in [1.165, 1.54) is 0 Å². The van der Waals surface area contributed by atoms with Gasteiger partial charge in [0.25, 0.3) is 0 Å². The van der Waals surface area contributed by atoms with Crippen LogP contribution in [0.2, 0.25) is 0 Å². The molecule has 144 valence electrons. The summed E-state index contributed by atoms with van der Waals surface area (Å²) in [6, 6.07) is 11.2. The Morgan fingerprint density at radius 2 is 2.04 bits per heavy atom. The maximum absolute atomic E-state index is 9.73. The minimum Gasteiger partial charge on any atom is -0.497 e. The average molecular weight is 370 g/mol. The van der Waals surface area contributed by atoms with Crippen LogP contribution in [0.1, 0.15) is 18.9 Å². The number of hydrogen-bond acceptors (Lipinski definition) is 5. The van der Waals surface area contributed by atoms with Crippen LogP contribution in [-0.4, -0.2) is 53.8 Å². The Kier molecular flexibility index (Phi) is 6.49. The number of methoxy groups -OCH3 is 1. The molecule has 1 aromatic carbocycles. The summed E-state index contributed by atoms with van der Waals surface area (Å²) >= 11 is 0. The molecule has 2 N–H and O–H groups in total. The normalized spacial score (nSPS) is 17.1. The minimum atomic E-state index is -0.273.